The number of nitrogens with two attached hydrogens (primary N) is 1. The molecule has 1 rings (SSSR count). The van der Waals surface area contributed by atoms with Crippen LogP contribution in [0.4, 0.5) is 0 Å². The van der Waals surface area contributed by atoms with E-state index in [1.807, 2.05) is 18.2 Å². The van der Waals surface area contributed by atoms with Gasteiger partial charge in [0.15, 0.2) is 5.57 Å². The lowest BCUT2D eigenvalue weighted by Crippen LogP contribution is -2.11. The van der Waals surface area contributed by atoms with Crippen LogP contribution >= 0.6 is 0 Å². The van der Waals surface area contributed by atoms with Crippen molar-refractivity contribution in [1.29, 1.82) is 10.5 Å². The van der Waals surface area contributed by atoms with Crippen LogP contribution in [0.2, 0.25) is 0 Å². The van der Waals surface area contributed by atoms with Crippen molar-refractivity contribution in [3.05, 3.63) is 41.6 Å². The fraction of sp³-hybridized carbons (Fsp3) is 0.0909. The van der Waals surface area contributed by atoms with Crippen molar-refractivity contribution in [3.63, 3.8) is 0 Å². The van der Waals surface area contributed by atoms with Gasteiger partial charge in [-0.3, -0.25) is 0 Å². The Kier molecular flexibility index (Phi) is 3.76. The summed E-state index contributed by atoms with van der Waals surface area (Å²) in [5.41, 5.74) is 5.53. The quantitative estimate of drug-likeness (QED) is 0.744. The molecular formula is C11H9N3O. The van der Waals surface area contributed by atoms with Gasteiger partial charge in [0, 0.05) is 0 Å². The first kappa shape index (κ1) is 10.6. The molecule has 0 aliphatic rings. The van der Waals surface area contributed by atoms with Gasteiger partial charge in [0.25, 0.3) is 0 Å². The first-order chi connectivity index (χ1) is 7.27. The van der Waals surface area contributed by atoms with Crippen molar-refractivity contribution in [2.75, 3.05) is 6.61 Å². The predicted octanol–water partition coefficient (Wildman–Crippen LogP) is 1.33. The Bertz CT molecular complexity index is 421. The van der Waals surface area contributed by atoms with Crippen LogP contribution in [0.3, 0.4) is 0 Å². The average Bonchev–Trinajstić information content (AvgIpc) is 2.29. The number of ether oxygens (including phenoxy) is 1. The lowest BCUT2D eigenvalue weighted by molar-refractivity contribution is 0.350. The minimum absolute atomic E-state index is 0.0421. The Morgan fingerprint density at radius 2 is 1.80 bits per heavy atom. The summed E-state index contributed by atoms with van der Waals surface area (Å²) in [5.74, 6) is 0.649. The van der Waals surface area contributed by atoms with E-state index in [2.05, 4.69) is 0 Å². The molecule has 2 N–H and O–H groups in total. The Balaban J connectivity index is 2.64. The molecule has 0 spiro atoms. The summed E-state index contributed by atoms with van der Waals surface area (Å²) in [4.78, 5) is 0. The van der Waals surface area contributed by atoms with Crippen molar-refractivity contribution in [1.82, 2.24) is 0 Å². The lowest BCUT2D eigenvalue weighted by Gasteiger charge is -2.05. The Morgan fingerprint density at radius 3 is 2.33 bits per heavy atom. The zero-order valence-corrected chi connectivity index (χ0v) is 7.97. The van der Waals surface area contributed by atoms with Gasteiger partial charge in [0.05, 0.1) is 5.70 Å². The second-order valence-electron chi connectivity index (χ2n) is 2.73. The Labute approximate surface area is 87.8 Å². The largest absolute Gasteiger partial charge is 0.487 e. The molecule has 0 amide bonds. The molecule has 1 aromatic rings. The van der Waals surface area contributed by atoms with Crippen LogP contribution in [0.25, 0.3) is 0 Å². The van der Waals surface area contributed by atoms with Gasteiger partial charge in [-0.1, -0.05) is 18.2 Å². The van der Waals surface area contributed by atoms with Gasteiger partial charge in [0.2, 0.25) is 0 Å². The molecule has 0 saturated heterocycles. The molecule has 4 heteroatoms. The van der Waals surface area contributed by atoms with Crippen molar-refractivity contribution < 1.29 is 4.74 Å². The topological polar surface area (TPSA) is 82.8 Å². The van der Waals surface area contributed by atoms with Crippen LogP contribution in [-0.2, 0) is 0 Å². The monoisotopic (exact) mass is 199 g/mol. The maximum Gasteiger partial charge on any atom is 0.151 e. The zero-order chi connectivity index (χ0) is 11.1. The molecule has 0 heterocycles. The van der Waals surface area contributed by atoms with E-state index in [1.165, 1.54) is 0 Å². The molecule has 4 nitrogen and oxygen atoms in total. The standard InChI is InChI=1S/C11H9N3O/c12-6-9(7-13)11(14)8-15-10-4-2-1-3-5-10/h1-5H,8,14H2. The summed E-state index contributed by atoms with van der Waals surface area (Å²) in [6.45, 7) is 0.0421. The van der Waals surface area contributed by atoms with E-state index >= 15 is 0 Å². The van der Waals surface area contributed by atoms with Crippen molar-refractivity contribution >= 4 is 0 Å². The molecule has 15 heavy (non-hydrogen) atoms. The molecule has 0 unspecified atom stereocenters. The highest BCUT2D eigenvalue weighted by molar-refractivity contribution is 5.39. The van der Waals surface area contributed by atoms with Crippen LogP contribution < -0.4 is 10.5 Å². The normalized spacial score (nSPS) is 8.40. The molecule has 0 aromatic heterocycles. The molecule has 1 aromatic carbocycles. The number of allylic oxidation sites excluding steroid dienone is 1. The third-order valence-electron chi connectivity index (χ3n) is 1.68. The van der Waals surface area contributed by atoms with Crippen molar-refractivity contribution in [2.45, 2.75) is 0 Å². The predicted molar refractivity (Wildman–Crippen MR) is 54.4 cm³/mol. The minimum atomic E-state index is -0.106. The van der Waals surface area contributed by atoms with E-state index < -0.39 is 0 Å². The summed E-state index contributed by atoms with van der Waals surface area (Å²) in [6.07, 6.45) is 0. The molecule has 0 aliphatic heterocycles. The maximum atomic E-state index is 8.53. The second kappa shape index (κ2) is 5.31. The van der Waals surface area contributed by atoms with Crippen molar-refractivity contribution in [2.24, 2.45) is 5.73 Å². The van der Waals surface area contributed by atoms with Gasteiger partial charge < -0.3 is 10.5 Å². The first-order valence-corrected chi connectivity index (χ1v) is 4.24. The molecule has 0 bridgehead atoms. The van der Waals surface area contributed by atoms with Crippen molar-refractivity contribution in [3.8, 4) is 17.9 Å². The van der Waals surface area contributed by atoms with Gasteiger partial charge in [-0.2, -0.15) is 10.5 Å². The molecule has 74 valence electrons. The molecule has 0 fully saturated rings. The fourth-order valence-electron chi connectivity index (χ4n) is 0.919. The van der Waals surface area contributed by atoms with Gasteiger partial charge in [-0.05, 0) is 12.1 Å². The van der Waals surface area contributed by atoms with Crippen LogP contribution in [-0.4, -0.2) is 6.61 Å². The first-order valence-electron chi connectivity index (χ1n) is 4.24. The van der Waals surface area contributed by atoms with Gasteiger partial charge in [-0.15, -0.1) is 0 Å². The van der Waals surface area contributed by atoms with Gasteiger partial charge in [0.1, 0.15) is 24.5 Å². The SMILES string of the molecule is N#CC(C#N)=C(N)COc1ccccc1. The van der Waals surface area contributed by atoms with E-state index in [9.17, 15) is 0 Å². The van der Waals surface area contributed by atoms with Crippen LogP contribution in [0, 0.1) is 22.7 Å². The summed E-state index contributed by atoms with van der Waals surface area (Å²) in [6, 6.07) is 12.5. The molecular weight excluding hydrogens is 190 g/mol. The van der Waals surface area contributed by atoms with Gasteiger partial charge in [-0.25, -0.2) is 0 Å². The van der Waals surface area contributed by atoms with E-state index in [1.54, 1.807) is 24.3 Å². The van der Waals surface area contributed by atoms with E-state index in [0.29, 0.717) is 5.75 Å². The fourth-order valence-corrected chi connectivity index (χ4v) is 0.919. The number of hydrogen-bond acceptors (Lipinski definition) is 4. The van der Waals surface area contributed by atoms with E-state index in [-0.39, 0.29) is 17.9 Å². The molecule has 0 atom stereocenters. The van der Waals surface area contributed by atoms with Crippen LogP contribution in [0.5, 0.6) is 5.75 Å². The van der Waals surface area contributed by atoms with Crippen LogP contribution in [0.15, 0.2) is 41.6 Å². The summed E-state index contributed by atoms with van der Waals surface area (Å²) in [7, 11) is 0. The Hall–Kier alpha value is -2.46. The highest BCUT2D eigenvalue weighted by atomic mass is 16.5. The molecule has 0 saturated carbocycles. The van der Waals surface area contributed by atoms with E-state index in [4.69, 9.17) is 21.0 Å². The number of nitriles is 2. The summed E-state index contributed by atoms with van der Waals surface area (Å²) >= 11 is 0. The third kappa shape index (κ3) is 3.06. The smallest absolute Gasteiger partial charge is 0.151 e. The highest BCUT2D eigenvalue weighted by Gasteiger charge is 2.02. The number of para-hydroxylation sites is 1. The summed E-state index contributed by atoms with van der Waals surface area (Å²) < 4.78 is 5.27. The number of hydrogen-bond donors (Lipinski definition) is 1. The second-order valence-corrected chi connectivity index (χ2v) is 2.73. The third-order valence-corrected chi connectivity index (χ3v) is 1.68. The number of benzene rings is 1. The minimum Gasteiger partial charge on any atom is -0.487 e. The zero-order valence-electron chi connectivity index (χ0n) is 7.97. The average molecular weight is 199 g/mol. The molecule has 0 aliphatic carbocycles. The van der Waals surface area contributed by atoms with E-state index in [0.717, 1.165) is 0 Å². The number of rotatable bonds is 3. The maximum absolute atomic E-state index is 8.53. The summed E-state index contributed by atoms with van der Waals surface area (Å²) in [5, 5.41) is 17.1. The van der Waals surface area contributed by atoms with Gasteiger partial charge >= 0.3 is 0 Å². The molecule has 0 radical (unpaired) electrons. The van der Waals surface area contributed by atoms with Crippen LogP contribution in [0.1, 0.15) is 0 Å². The Morgan fingerprint density at radius 1 is 1.20 bits per heavy atom. The number of nitrogens with zero attached hydrogens (tertiary/aromatic N) is 2. The lowest BCUT2D eigenvalue weighted by atomic mass is 10.2. The highest BCUT2D eigenvalue weighted by Crippen LogP contribution is 2.09.